The van der Waals surface area contributed by atoms with Crippen molar-refractivity contribution in [2.75, 3.05) is 25.6 Å². The quantitative estimate of drug-likeness (QED) is 0.417. The molecule has 0 aliphatic carbocycles. The maximum atomic E-state index is 11.0. The zero-order valence-corrected chi connectivity index (χ0v) is 17.1. The van der Waals surface area contributed by atoms with Crippen LogP contribution in [0.4, 0.5) is 11.6 Å². The maximum Gasteiger partial charge on any atom is 0.335 e. The van der Waals surface area contributed by atoms with E-state index in [9.17, 15) is 4.79 Å². The van der Waals surface area contributed by atoms with Gasteiger partial charge >= 0.3 is 5.97 Å². The number of hydrogen-bond donors (Lipinski definition) is 2. The number of rotatable bonds is 8. The average Bonchev–Trinajstić information content (AvgIpc) is 3.09. The number of carboxylic acid groups (broad SMARTS) is 1. The van der Waals surface area contributed by atoms with Crippen molar-refractivity contribution in [2.45, 2.75) is 6.92 Å². The molecular formula is C22H21N5O4. The molecule has 0 aliphatic rings. The Bertz CT molecular complexity index is 1220. The van der Waals surface area contributed by atoms with Gasteiger partial charge in [0.05, 0.1) is 29.3 Å². The third-order valence-electron chi connectivity index (χ3n) is 4.61. The second kappa shape index (κ2) is 8.80. The van der Waals surface area contributed by atoms with Crippen LogP contribution in [0.3, 0.4) is 0 Å². The number of fused-ring (bicyclic) bond motifs is 1. The molecule has 0 atom stereocenters. The third-order valence-corrected chi connectivity index (χ3v) is 4.61. The number of anilines is 2. The predicted octanol–water partition coefficient (Wildman–Crippen LogP) is 3.57. The summed E-state index contributed by atoms with van der Waals surface area (Å²) >= 11 is 0. The minimum Gasteiger partial charge on any atom is -0.491 e. The van der Waals surface area contributed by atoms with Gasteiger partial charge in [-0.2, -0.15) is 0 Å². The molecule has 0 aliphatic heterocycles. The summed E-state index contributed by atoms with van der Waals surface area (Å²) in [4.78, 5) is 24.5. The van der Waals surface area contributed by atoms with E-state index in [1.54, 1.807) is 25.4 Å². The Morgan fingerprint density at radius 3 is 2.68 bits per heavy atom. The Morgan fingerprint density at radius 1 is 1.13 bits per heavy atom. The zero-order valence-electron chi connectivity index (χ0n) is 17.1. The molecule has 3 aromatic heterocycles. The van der Waals surface area contributed by atoms with Crippen LogP contribution in [-0.4, -0.2) is 50.8 Å². The van der Waals surface area contributed by atoms with E-state index in [1.165, 1.54) is 12.1 Å². The molecule has 4 rings (SSSR count). The lowest BCUT2D eigenvalue weighted by molar-refractivity contribution is 0.0697. The molecule has 0 saturated heterocycles. The fourth-order valence-electron chi connectivity index (χ4n) is 3.16. The highest BCUT2D eigenvalue weighted by Gasteiger charge is 2.14. The largest absolute Gasteiger partial charge is 0.491 e. The van der Waals surface area contributed by atoms with E-state index in [2.05, 4.69) is 20.3 Å². The Labute approximate surface area is 178 Å². The number of hydrogen-bond acceptors (Lipinski definition) is 7. The first-order valence-electron chi connectivity index (χ1n) is 9.59. The fourth-order valence-corrected chi connectivity index (χ4v) is 3.16. The van der Waals surface area contributed by atoms with Crippen molar-refractivity contribution in [3.8, 4) is 17.1 Å². The molecule has 0 unspecified atom stereocenters. The summed E-state index contributed by atoms with van der Waals surface area (Å²) in [7, 11) is 1.63. The fraction of sp³-hybridized carbons (Fsp3) is 0.182. The summed E-state index contributed by atoms with van der Waals surface area (Å²) in [5.74, 6) is 0.144. The smallest absolute Gasteiger partial charge is 0.335 e. The topological polar surface area (TPSA) is 111 Å². The number of aromatic nitrogens is 4. The second-order valence-electron chi connectivity index (χ2n) is 6.75. The number of aryl methyl sites for hydroxylation is 1. The molecule has 31 heavy (non-hydrogen) atoms. The van der Waals surface area contributed by atoms with E-state index < -0.39 is 5.97 Å². The Morgan fingerprint density at radius 2 is 1.94 bits per heavy atom. The van der Waals surface area contributed by atoms with E-state index in [0.717, 1.165) is 22.8 Å². The highest BCUT2D eigenvalue weighted by Crippen LogP contribution is 2.26. The van der Waals surface area contributed by atoms with Gasteiger partial charge in [-0.1, -0.05) is 0 Å². The van der Waals surface area contributed by atoms with Gasteiger partial charge in [-0.25, -0.2) is 19.7 Å². The number of carboxylic acids is 1. The molecule has 1 aromatic carbocycles. The highest BCUT2D eigenvalue weighted by atomic mass is 16.5. The van der Waals surface area contributed by atoms with E-state index in [1.807, 2.05) is 35.7 Å². The van der Waals surface area contributed by atoms with Crippen LogP contribution in [0.15, 0.2) is 54.9 Å². The van der Waals surface area contributed by atoms with Gasteiger partial charge in [0.1, 0.15) is 18.0 Å². The van der Waals surface area contributed by atoms with Crippen molar-refractivity contribution in [1.29, 1.82) is 0 Å². The molecule has 0 bridgehead atoms. The van der Waals surface area contributed by atoms with Gasteiger partial charge in [0.25, 0.3) is 0 Å². The number of methoxy groups -OCH3 is 1. The molecule has 3 heterocycles. The summed E-state index contributed by atoms with van der Waals surface area (Å²) in [6, 6.07) is 11.9. The van der Waals surface area contributed by atoms with Crippen LogP contribution in [0.5, 0.6) is 5.75 Å². The van der Waals surface area contributed by atoms with Crippen LogP contribution in [0.2, 0.25) is 0 Å². The van der Waals surface area contributed by atoms with Crippen LogP contribution >= 0.6 is 0 Å². The summed E-state index contributed by atoms with van der Waals surface area (Å²) in [5.41, 5.74) is 4.04. The van der Waals surface area contributed by atoms with Crippen molar-refractivity contribution in [3.63, 3.8) is 0 Å². The SMILES string of the molecule is COCCOc1ccn2c(-c3ccnc(Nc4ccc(C(=O)O)cc4)n3)c(C)nc2c1. The van der Waals surface area contributed by atoms with Gasteiger partial charge in [0.2, 0.25) is 5.95 Å². The van der Waals surface area contributed by atoms with Crippen molar-refractivity contribution in [2.24, 2.45) is 0 Å². The monoisotopic (exact) mass is 419 g/mol. The lowest BCUT2D eigenvalue weighted by Gasteiger charge is -2.08. The van der Waals surface area contributed by atoms with E-state index in [0.29, 0.717) is 30.5 Å². The maximum absolute atomic E-state index is 11.0. The minimum absolute atomic E-state index is 0.215. The lowest BCUT2D eigenvalue weighted by Crippen LogP contribution is -2.04. The van der Waals surface area contributed by atoms with Gasteiger partial charge in [-0.15, -0.1) is 0 Å². The molecule has 0 saturated carbocycles. The minimum atomic E-state index is -0.972. The summed E-state index contributed by atoms with van der Waals surface area (Å²) in [6.07, 6.45) is 3.56. The summed E-state index contributed by atoms with van der Waals surface area (Å²) in [5, 5.41) is 12.1. The number of pyridine rings is 1. The van der Waals surface area contributed by atoms with Gasteiger partial charge < -0.3 is 19.9 Å². The molecule has 0 radical (unpaired) electrons. The Hall–Kier alpha value is -3.98. The summed E-state index contributed by atoms with van der Waals surface area (Å²) < 4.78 is 12.6. The number of imidazole rings is 1. The van der Waals surface area contributed by atoms with Gasteiger partial charge in [0, 0.05) is 31.3 Å². The molecule has 2 N–H and O–H groups in total. The average molecular weight is 419 g/mol. The Kier molecular flexibility index (Phi) is 5.76. The Balaban J connectivity index is 1.60. The van der Waals surface area contributed by atoms with Crippen molar-refractivity contribution < 1.29 is 19.4 Å². The highest BCUT2D eigenvalue weighted by molar-refractivity contribution is 5.88. The van der Waals surface area contributed by atoms with Crippen LogP contribution in [0, 0.1) is 6.92 Å². The number of carbonyl (C=O) groups is 1. The standard InChI is InChI=1S/C22H21N5O4/c1-14-20(27-10-8-17(13-19(27)24-14)31-12-11-30-2)18-7-9-23-22(26-18)25-16-5-3-15(4-6-16)21(28)29/h3-10,13H,11-12H2,1-2H3,(H,28,29)(H,23,25,26). The van der Waals surface area contributed by atoms with Crippen LogP contribution in [0.1, 0.15) is 16.1 Å². The van der Waals surface area contributed by atoms with Crippen LogP contribution in [0.25, 0.3) is 17.0 Å². The van der Waals surface area contributed by atoms with E-state index >= 15 is 0 Å². The number of benzene rings is 1. The normalized spacial score (nSPS) is 10.9. The summed E-state index contributed by atoms with van der Waals surface area (Å²) in [6.45, 7) is 2.90. The third kappa shape index (κ3) is 4.46. The first-order valence-corrected chi connectivity index (χ1v) is 9.59. The number of ether oxygens (including phenoxy) is 2. The van der Waals surface area contributed by atoms with Crippen molar-refractivity contribution >= 4 is 23.3 Å². The number of nitrogens with zero attached hydrogens (tertiary/aromatic N) is 4. The van der Waals surface area contributed by atoms with Crippen LogP contribution in [-0.2, 0) is 4.74 Å². The molecule has 9 nitrogen and oxygen atoms in total. The molecule has 4 aromatic rings. The molecular weight excluding hydrogens is 398 g/mol. The molecule has 0 amide bonds. The van der Waals surface area contributed by atoms with E-state index in [-0.39, 0.29) is 5.56 Å². The lowest BCUT2D eigenvalue weighted by atomic mass is 10.2. The van der Waals surface area contributed by atoms with Gasteiger partial charge in [-0.3, -0.25) is 4.40 Å². The molecule has 158 valence electrons. The van der Waals surface area contributed by atoms with Gasteiger partial charge in [-0.05, 0) is 43.3 Å². The number of nitrogens with one attached hydrogen (secondary N) is 1. The number of aromatic carboxylic acids is 1. The molecule has 0 fully saturated rings. The second-order valence-corrected chi connectivity index (χ2v) is 6.75. The molecule has 0 spiro atoms. The zero-order chi connectivity index (χ0) is 21.8. The first kappa shape index (κ1) is 20.3. The predicted molar refractivity (Wildman–Crippen MR) is 115 cm³/mol. The van der Waals surface area contributed by atoms with Crippen molar-refractivity contribution in [1.82, 2.24) is 19.4 Å². The first-order chi connectivity index (χ1) is 15.0. The van der Waals surface area contributed by atoms with E-state index in [4.69, 9.17) is 14.6 Å². The van der Waals surface area contributed by atoms with Crippen molar-refractivity contribution in [3.05, 3.63) is 66.1 Å². The molecule has 9 heteroatoms. The van der Waals surface area contributed by atoms with Crippen LogP contribution < -0.4 is 10.1 Å². The van der Waals surface area contributed by atoms with Gasteiger partial charge in [0.15, 0.2) is 0 Å².